The van der Waals surface area contributed by atoms with E-state index in [2.05, 4.69) is 11.8 Å². The standard InChI is InChI=1S/C16H30N2O/c1-2-18(15-6-4-3-5-7-15)16(19)14-10-8-13(12-17)9-11-14/h13-15H,2-12,17H2,1H3. The van der Waals surface area contributed by atoms with E-state index in [0.717, 1.165) is 38.8 Å². The summed E-state index contributed by atoms with van der Waals surface area (Å²) in [4.78, 5) is 14.9. The van der Waals surface area contributed by atoms with Crippen molar-refractivity contribution in [3.05, 3.63) is 0 Å². The van der Waals surface area contributed by atoms with Crippen LogP contribution in [0.5, 0.6) is 0 Å². The molecule has 0 aromatic heterocycles. The minimum atomic E-state index is 0.282. The van der Waals surface area contributed by atoms with Gasteiger partial charge in [-0.05, 0) is 57.9 Å². The fraction of sp³-hybridized carbons (Fsp3) is 0.938. The summed E-state index contributed by atoms with van der Waals surface area (Å²) < 4.78 is 0. The maximum Gasteiger partial charge on any atom is 0.225 e. The molecule has 0 unspecified atom stereocenters. The first kappa shape index (κ1) is 14.8. The molecule has 0 atom stereocenters. The minimum Gasteiger partial charge on any atom is -0.340 e. The maximum absolute atomic E-state index is 12.7. The minimum absolute atomic E-state index is 0.282. The lowest BCUT2D eigenvalue weighted by Gasteiger charge is -2.37. The number of amides is 1. The summed E-state index contributed by atoms with van der Waals surface area (Å²) in [7, 11) is 0. The molecule has 0 saturated heterocycles. The Bertz CT molecular complexity index is 278. The first-order chi connectivity index (χ1) is 9.26. The number of hydrogen-bond donors (Lipinski definition) is 1. The predicted octanol–water partition coefficient (Wildman–Crippen LogP) is 2.93. The van der Waals surface area contributed by atoms with E-state index >= 15 is 0 Å². The summed E-state index contributed by atoms with van der Waals surface area (Å²) >= 11 is 0. The highest BCUT2D eigenvalue weighted by molar-refractivity contribution is 5.79. The molecular formula is C16H30N2O. The molecular weight excluding hydrogens is 236 g/mol. The molecule has 0 aromatic rings. The lowest BCUT2D eigenvalue weighted by atomic mass is 9.81. The molecule has 0 heterocycles. The van der Waals surface area contributed by atoms with Gasteiger partial charge >= 0.3 is 0 Å². The van der Waals surface area contributed by atoms with Gasteiger partial charge in [0.25, 0.3) is 0 Å². The molecule has 0 bridgehead atoms. The molecule has 2 rings (SSSR count). The average Bonchev–Trinajstić information content (AvgIpc) is 2.49. The molecule has 3 heteroatoms. The number of carbonyl (C=O) groups excluding carboxylic acids is 1. The topological polar surface area (TPSA) is 46.3 Å². The second-order valence-corrected chi connectivity index (χ2v) is 6.37. The summed E-state index contributed by atoms with van der Waals surface area (Å²) in [5.74, 6) is 1.38. The van der Waals surface area contributed by atoms with E-state index < -0.39 is 0 Å². The number of hydrogen-bond acceptors (Lipinski definition) is 2. The summed E-state index contributed by atoms with van der Waals surface area (Å²) in [6, 6.07) is 0.526. The molecule has 110 valence electrons. The normalized spacial score (nSPS) is 29.2. The van der Waals surface area contributed by atoms with E-state index in [9.17, 15) is 4.79 Å². The van der Waals surface area contributed by atoms with Crippen LogP contribution in [-0.2, 0) is 4.79 Å². The second kappa shape index (κ2) is 7.28. The fourth-order valence-electron chi connectivity index (χ4n) is 3.87. The van der Waals surface area contributed by atoms with Gasteiger partial charge in [0.1, 0.15) is 0 Å². The largest absolute Gasteiger partial charge is 0.340 e. The Balaban J connectivity index is 1.89. The molecule has 2 saturated carbocycles. The van der Waals surface area contributed by atoms with Crippen molar-refractivity contribution in [3.8, 4) is 0 Å². The smallest absolute Gasteiger partial charge is 0.225 e. The lowest BCUT2D eigenvalue weighted by molar-refractivity contribution is -0.139. The van der Waals surface area contributed by atoms with E-state index in [1.165, 1.54) is 32.1 Å². The van der Waals surface area contributed by atoms with Crippen molar-refractivity contribution >= 4 is 5.91 Å². The van der Waals surface area contributed by atoms with E-state index in [1.54, 1.807) is 0 Å². The van der Waals surface area contributed by atoms with E-state index in [4.69, 9.17) is 5.73 Å². The Morgan fingerprint density at radius 2 is 1.68 bits per heavy atom. The van der Waals surface area contributed by atoms with Gasteiger partial charge in [0.2, 0.25) is 5.91 Å². The first-order valence-corrected chi connectivity index (χ1v) is 8.26. The van der Waals surface area contributed by atoms with Crippen LogP contribution in [0, 0.1) is 11.8 Å². The van der Waals surface area contributed by atoms with Crippen molar-refractivity contribution in [2.45, 2.75) is 70.8 Å². The van der Waals surface area contributed by atoms with Crippen LogP contribution in [0.25, 0.3) is 0 Å². The van der Waals surface area contributed by atoms with Crippen molar-refractivity contribution in [1.29, 1.82) is 0 Å². The van der Waals surface area contributed by atoms with Crippen molar-refractivity contribution < 1.29 is 4.79 Å². The van der Waals surface area contributed by atoms with Crippen LogP contribution in [0.3, 0.4) is 0 Å². The van der Waals surface area contributed by atoms with Crippen molar-refractivity contribution in [2.24, 2.45) is 17.6 Å². The van der Waals surface area contributed by atoms with Gasteiger partial charge in [0.05, 0.1) is 0 Å². The molecule has 2 aliphatic carbocycles. The molecule has 2 fully saturated rings. The third kappa shape index (κ3) is 3.71. The number of nitrogens with two attached hydrogens (primary N) is 1. The SMILES string of the molecule is CCN(C(=O)C1CCC(CN)CC1)C1CCCCC1. The monoisotopic (exact) mass is 266 g/mol. The van der Waals surface area contributed by atoms with Crippen molar-refractivity contribution in [3.63, 3.8) is 0 Å². The van der Waals surface area contributed by atoms with Crippen LogP contribution < -0.4 is 5.73 Å². The molecule has 19 heavy (non-hydrogen) atoms. The van der Waals surface area contributed by atoms with Gasteiger partial charge in [-0.2, -0.15) is 0 Å². The fourth-order valence-corrected chi connectivity index (χ4v) is 3.87. The second-order valence-electron chi connectivity index (χ2n) is 6.37. The first-order valence-electron chi connectivity index (χ1n) is 8.26. The zero-order chi connectivity index (χ0) is 13.7. The van der Waals surface area contributed by atoms with Crippen molar-refractivity contribution in [1.82, 2.24) is 4.90 Å². The van der Waals surface area contributed by atoms with Gasteiger partial charge in [-0.1, -0.05) is 19.3 Å². The van der Waals surface area contributed by atoms with Gasteiger partial charge in [0, 0.05) is 18.5 Å². The van der Waals surface area contributed by atoms with Crippen LogP contribution in [0.15, 0.2) is 0 Å². The van der Waals surface area contributed by atoms with Gasteiger partial charge < -0.3 is 10.6 Å². The van der Waals surface area contributed by atoms with E-state index in [-0.39, 0.29) is 5.92 Å². The van der Waals surface area contributed by atoms with Crippen LogP contribution in [0.4, 0.5) is 0 Å². The number of carbonyl (C=O) groups is 1. The maximum atomic E-state index is 12.7. The van der Waals surface area contributed by atoms with Crippen LogP contribution in [0.1, 0.15) is 64.7 Å². The lowest BCUT2D eigenvalue weighted by Crippen LogP contribution is -2.45. The molecule has 0 aliphatic heterocycles. The summed E-state index contributed by atoms with van der Waals surface area (Å²) in [6.45, 7) is 3.82. The summed E-state index contributed by atoms with van der Waals surface area (Å²) in [5.41, 5.74) is 5.73. The third-order valence-electron chi connectivity index (χ3n) is 5.17. The predicted molar refractivity (Wildman–Crippen MR) is 78.8 cm³/mol. The van der Waals surface area contributed by atoms with E-state index in [0.29, 0.717) is 17.9 Å². The van der Waals surface area contributed by atoms with E-state index in [1.807, 2.05) is 0 Å². The molecule has 2 aliphatic rings. The molecule has 2 N–H and O–H groups in total. The Morgan fingerprint density at radius 1 is 1.05 bits per heavy atom. The Morgan fingerprint density at radius 3 is 2.21 bits per heavy atom. The molecule has 1 amide bonds. The summed E-state index contributed by atoms with van der Waals surface area (Å²) in [6.07, 6.45) is 10.8. The van der Waals surface area contributed by atoms with Crippen LogP contribution in [-0.4, -0.2) is 29.9 Å². The highest BCUT2D eigenvalue weighted by atomic mass is 16.2. The highest BCUT2D eigenvalue weighted by Gasteiger charge is 2.31. The average molecular weight is 266 g/mol. The number of nitrogens with zero attached hydrogens (tertiary/aromatic N) is 1. The highest BCUT2D eigenvalue weighted by Crippen LogP contribution is 2.31. The zero-order valence-electron chi connectivity index (χ0n) is 12.4. The third-order valence-corrected chi connectivity index (χ3v) is 5.17. The van der Waals surface area contributed by atoms with Crippen molar-refractivity contribution in [2.75, 3.05) is 13.1 Å². The Labute approximate surface area is 117 Å². The van der Waals surface area contributed by atoms with Gasteiger partial charge in [-0.3, -0.25) is 4.79 Å². The van der Waals surface area contributed by atoms with Crippen LogP contribution >= 0.6 is 0 Å². The van der Waals surface area contributed by atoms with Gasteiger partial charge in [0.15, 0.2) is 0 Å². The Kier molecular flexibility index (Phi) is 5.68. The molecule has 0 spiro atoms. The Hall–Kier alpha value is -0.570. The van der Waals surface area contributed by atoms with Crippen LogP contribution in [0.2, 0.25) is 0 Å². The zero-order valence-corrected chi connectivity index (χ0v) is 12.4. The molecule has 3 nitrogen and oxygen atoms in total. The number of rotatable bonds is 4. The quantitative estimate of drug-likeness (QED) is 0.850. The van der Waals surface area contributed by atoms with Gasteiger partial charge in [-0.15, -0.1) is 0 Å². The summed E-state index contributed by atoms with van der Waals surface area (Å²) in [5, 5.41) is 0. The molecule has 0 aromatic carbocycles. The molecule has 0 radical (unpaired) electrons. The van der Waals surface area contributed by atoms with Gasteiger partial charge in [-0.25, -0.2) is 0 Å².